The predicted molar refractivity (Wildman–Crippen MR) is 198 cm³/mol. The number of carbonyl (C=O) groups excluding carboxylic acids is 2. The Kier molecular flexibility index (Phi) is 33.0. The number of carbonyl (C=O) groups is 2. The molecule has 276 valence electrons. The lowest BCUT2D eigenvalue weighted by Gasteiger charge is -2.19. The highest BCUT2D eigenvalue weighted by molar-refractivity contribution is 7.47. The van der Waals surface area contributed by atoms with Gasteiger partial charge in [0, 0.05) is 20.0 Å². The summed E-state index contributed by atoms with van der Waals surface area (Å²) in [5, 5.41) is 0. The topological polar surface area (TPSA) is 108 Å². The summed E-state index contributed by atoms with van der Waals surface area (Å²) in [5.74, 6) is -0.848. The van der Waals surface area contributed by atoms with Crippen molar-refractivity contribution >= 4 is 19.8 Å². The first-order valence-electron chi connectivity index (χ1n) is 18.5. The second-order valence-electron chi connectivity index (χ2n) is 12.0. The maximum absolute atomic E-state index is 12.4. The molecule has 8 nitrogen and oxygen atoms in total. The van der Waals surface area contributed by atoms with Crippen molar-refractivity contribution in [1.82, 2.24) is 0 Å². The average molecular weight is 695 g/mol. The van der Waals surface area contributed by atoms with Crippen LogP contribution >= 0.6 is 7.82 Å². The van der Waals surface area contributed by atoms with E-state index in [1.165, 1.54) is 44.9 Å². The van der Waals surface area contributed by atoms with Crippen molar-refractivity contribution in [3.63, 3.8) is 0 Å². The quantitative estimate of drug-likeness (QED) is 0.0313. The van der Waals surface area contributed by atoms with E-state index in [0.29, 0.717) is 6.42 Å². The van der Waals surface area contributed by atoms with Gasteiger partial charge in [-0.15, -0.1) is 0 Å². The SMILES string of the molecule is CC/C=C\C/C=C\C/C=C\C/C=C\C/C=C\CCCCCC(=O)OC(COC(=O)CCCCCCCCCCCC)COP(=O)(O)OC. The van der Waals surface area contributed by atoms with Crippen molar-refractivity contribution in [2.75, 3.05) is 20.3 Å². The summed E-state index contributed by atoms with van der Waals surface area (Å²) in [7, 11) is -3.22. The number of phosphoric acid groups is 1. The van der Waals surface area contributed by atoms with Crippen molar-refractivity contribution < 1.29 is 37.6 Å². The van der Waals surface area contributed by atoms with Crippen LogP contribution in [0.1, 0.15) is 149 Å². The molecule has 0 saturated carbocycles. The zero-order valence-electron chi connectivity index (χ0n) is 30.4. The smallest absolute Gasteiger partial charge is 0.462 e. The number of unbranched alkanes of at least 4 members (excludes halogenated alkanes) is 12. The Morgan fingerprint density at radius 1 is 0.604 bits per heavy atom. The molecular weight excluding hydrogens is 627 g/mol. The third-order valence-electron chi connectivity index (χ3n) is 7.53. The summed E-state index contributed by atoms with van der Waals surface area (Å²) < 4.78 is 31.8. The maximum Gasteiger partial charge on any atom is 0.472 e. The largest absolute Gasteiger partial charge is 0.472 e. The zero-order chi connectivity index (χ0) is 35.4. The van der Waals surface area contributed by atoms with Gasteiger partial charge in [0.05, 0.1) is 6.61 Å². The summed E-state index contributed by atoms with van der Waals surface area (Å²) in [6.45, 7) is 3.71. The van der Waals surface area contributed by atoms with Crippen LogP contribution in [0, 0.1) is 0 Å². The van der Waals surface area contributed by atoms with Gasteiger partial charge >= 0.3 is 19.8 Å². The van der Waals surface area contributed by atoms with E-state index >= 15 is 0 Å². The maximum atomic E-state index is 12.4. The lowest BCUT2D eigenvalue weighted by Crippen LogP contribution is -2.29. The van der Waals surface area contributed by atoms with Crippen LogP contribution in [0.2, 0.25) is 0 Å². The van der Waals surface area contributed by atoms with Gasteiger partial charge in [0.1, 0.15) is 6.61 Å². The molecule has 1 N–H and O–H groups in total. The van der Waals surface area contributed by atoms with E-state index in [2.05, 4.69) is 79.1 Å². The van der Waals surface area contributed by atoms with Gasteiger partial charge in [-0.2, -0.15) is 0 Å². The van der Waals surface area contributed by atoms with Gasteiger partial charge in [0.25, 0.3) is 0 Å². The molecule has 9 heteroatoms. The minimum atomic E-state index is -4.26. The zero-order valence-corrected chi connectivity index (χ0v) is 31.3. The molecule has 0 bridgehead atoms. The van der Waals surface area contributed by atoms with Gasteiger partial charge in [0.15, 0.2) is 6.10 Å². The number of ether oxygens (including phenoxy) is 2. The Balaban J connectivity index is 4.15. The molecule has 0 heterocycles. The molecule has 0 fully saturated rings. The predicted octanol–water partition coefficient (Wildman–Crippen LogP) is 11.2. The molecule has 0 aromatic rings. The molecule has 0 aliphatic rings. The molecule has 0 rings (SSSR count). The van der Waals surface area contributed by atoms with E-state index < -0.39 is 26.5 Å². The molecule has 0 aromatic heterocycles. The first-order valence-corrected chi connectivity index (χ1v) is 20.0. The van der Waals surface area contributed by atoms with Crippen LogP contribution in [-0.2, 0) is 32.7 Å². The minimum Gasteiger partial charge on any atom is -0.462 e. The molecule has 0 saturated heterocycles. The Morgan fingerprint density at radius 2 is 1.06 bits per heavy atom. The molecule has 2 unspecified atom stereocenters. The summed E-state index contributed by atoms with van der Waals surface area (Å²) in [4.78, 5) is 34.2. The van der Waals surface area contributed by atoms with Crippen molar-refractivity contribution in [2.24, 2.45) is 0 Å². The Morgan fingerprint density at radius 3 is 1.58 bits per heavy atom. The Hall–Kier alpha value is -2.25. The van der Waals surface area contributed by atoms with E-state index in [-0.39, 0.29) is 25.4 Å². The molecule has 0 aromatic carbocycles. The second kappa shape index (κ2) is 34.6. The number of allylic oxidation sites excluding steroid dienone is 10. The van der Waals surface area contributed by atoms with Crippen molar-refractivity contribution in [2.45, 2.75) is 155 Å². The van der Waals surface area contributed by atoms with Crippen LogP contribution in [0.5, 0.6) is 0 Å². The highest BCUT2D eigenvalue weighted by Gasteiger charge is 2.24. The van der Waals surface area contributed by atoms with Gasteiger partial charge in [-0.05, 0) is 57.8 Å². The van der Waals surface area contributed by atoms with Crippen LogP contribution in [0.4, 0.5) is 0 Å². The monoisotopic (exact) mass is 694 g/mol. The molecule has 0 aliphatic heterocycles. The van der Waals surface area contributed by atoms with Gasteiger partial charge in [0.2, 0.25) is 0 Å². The molecule has 0 aliphatic carbocycles. The average Bonchev–Trinajstić information content (AvgIpc) is 3.07. The summed E-state index contributed by atoms with van der Waals surface area (Å²) in [6.07, 6.45) is 41.3. The number of hydrogen-bond donors (Lipinski definition) is 1. The van der Waals surface area contributed by atoms with Crippen molar-refractivity contribution in [1.29, 1.82) is 0 Å². The van der Waals surface area contributed by atoms with Gasteiger partial charge in [-0.3, -0.25) is 18.6 Å². The van der Waals surface area contributed by atoms with E-state index in [0.717, 1.165) is 77.7 Å². The fourth-order valence-electron chi connectivity index (χ4n) is 4.68. The summed E-state index contributed by atoms with van der Waals surface area (Å²) >= 11 is 0. The third-order valence-corrected chi connectivity index (χ3v) is 8.46. The fraction of sp³-hybridized carbons (Fsp3) is 0.692. The number of esters is 2. The van der Waals surface area contributed by atoms with Crippen molar-refractivity contribution in [3.05, 3.63) is 60.8 Å². The second-order valence-corrected chi connectivity index (χ2v) is 13.5. The van der Waals surface area contributed by atoms with Gasteiger partial charge in [-0.25, -0.2) is 4.57 Å². The molecule has 0 spiro atoms. The van der Waals surface area contributed by atoms with Gasteiger partial charge < -0.3 is 14.4 Å². The number of phosphoric ester groups is 1. The van der Waals surface area contributed by atoms with E-state index in [1.54, 1.807) is 0 Å². The first-order chi connectivity index (χ1) is 23.3. The number of rotatable bonds is 33. The fourth-order valence-corrected chi connectivity index (χ4v) is 5.14. The highest BCUT2D eigenvalue weighted by atomic mass is 31.2. The van der Waals surface area contributed by atoms with E-state index in [4.69, 9.17) is 14.0 Å². The van der Waals surface area contributed by atoms with Gasteiger partial charge in [-0.1, -0.05) is 139 Å². The Labute approximate surface area is 292 Å². The highest BCUT2D eigenvalue weighted by Crippen LogP contribution is 2.42. The van der Waals surface area contributed by atoms with Crippen LogP contribution in [-0.4, -0.2) is 43.3 Å². The molecule has 2 atom stereocenters. The standard InChI is InChI=1S/C39H67O8P/c1-4-6-8-10-12-14-16-17-18-19-20-21-22-23-24-26-28-30-32-34-39(41)47-37(36-46-48(42,43)44-3)35-45-38(40)33-31-29-27-25-15-13-11-9-7-5-2/h6,8,12,14,17-18,20-21,23-24,37H,4-5,7,9-11,13,15-16,19,22,25-36H2,1-3H3,(H,42,43)/b8-6-,14-12-,18-17-,21-20-,24-23-. The molecule has 0 radical (unpaired) electrons. The third kappa shape index (κ3) is 33.6. The lowest BCUT2D eigenvalue weighted by molar-refractivity contribution is -0.161. The lowest BCUT2D eigenvalue weighted by atomic mass is 10.1. The summed E-state index contributed by atoms with van der Waals surface area (Å²) in [5.41, 5.74) is 0. The first kappa shape index (κ1) is 45.8. The summed E-state index contributed by atoms with van der Waals surface area (Å²) in [6, 6.07) is 0. The minimum absolute atomic E-state index is 0.204. The van der Waals surface area contributed by atoms with Crippen LogP contribution in [0.3, 0.4) is 0 Å². The Bertz CT molecular complexity index is 969. The number of hydrogen-bond acceptors (Lipinski definition) is 7. The normalized spacial score (nSPS) is 14.2. The van der Waals surface area contributed by atoms with Crippen LogP contribution < -0.4 is 0 Å². The van der Waals surface area contributed by atoms with E-state index in [9.17, 15) is 19.0 Å². The van der Waals surface area contributed by atoms with E-state index in [1.807, 2.05) is 0 Å². The molecule has 0 amide bonds. The van der Waals surface area contributed by atoms with Crippen LogP contribution in [0.25, 0.3) is 0 Å². The molecular formula is C39H67O8P. The van der Waals surface area contributed by atoms with Crippen molar-refractivity contribution in [3.8, 4) is 0 Å². The van der Waals surface area contributed by atoms with Crippen LogP contribution in [0.15, 0.2) is 60.8 Å². The molecule has 48 heavy (non-hydrogen) atoms.